The number of nitrogens with one attached hydrogen (secondary N) is 1. The van der Waals surface area contributed by atoms with Crippen LogP contribution in [-0.2, 0) is 5.54 Å². The number of alkyl halides is 2. The van der Waals surface area contributed by atoms with Crippen molar-refractivity contribution in [3.8, 4) is 17.1 Å². The topological polar surface area (TPSA) is 90.1 Å². The normalized spacial score (nSPS) is 15.5. The lowest BCUT2D eigenvalue weighted by Gasteiger charge is -2.26. The number of benzene rings is 1. The molecule has 3 aromatic rings. The Kier molecular flexibility index (Phi) is 6.10. The number of ether oxygens (including phenoxy) is 1. The minimum absolute atomic E-state index is 0.0421. The standard InChI is InChI=1S/C22H21ClF2N4O3/c1-2-22(24,25)31-16-8-5-14(6-9-16)18-27-20(32-29-18)21(11-3-4-12-21)28-19(30)15-7-10-17(23)26-13-15/h5-10,13H,2-4,11-12H2,1H3,(H,28,30). The predicted molar refractivity (Wildman–Crippen MR) is 112 cm³/mol. The largest absolute Gasteiger partial charge is 0.433 e. The lowest BCUT2D eigenvalue weighted by Crippen LogP contribution is -2.44. The Balaban J connectivity index is 1.54. The van der Waals surface area contributed by atoms with Crippen LogP contribution in [0, 0.1) is 0 Å². The summed E-state index contributed by atoms with van der Waals surface area (Å²) in [4.78, 5) is 21.2. The highest BCUT2D eigenvalue weighted by molar-refractivity contribution is 6.29. The van der Waals surface area contributed by atoms with Gasteiger partial charge in [0, 0.05) is 18.2 Å². The molecule has 0 radical (unpaired) electrons. The molecule has 1 N–H and O–H groups in total. The summed E-state index contributed by atoms with van der Waals surface area (Å²) in [5.41, 5.74) is 0.169. The molecule has 0 saturated heterocycles. The molecule has 168 valence electrons. The molecule has 1 fully saturated rings. The van der Waals surface area contributed by atoms with Gasteiger partial charge in [0.05, 0.1) is 5.56 Å². The first kappa shape index (κ1) is 22.1. The molecule has 0 spiro atoms. The zero-order valence-electron chi connectivity index (χ0n) is 17.3. The molecule has 2 aromatic heterocycles. The van der Waals surface area contributed by atoms with E-state index in [1.165, 1.54) is 25.3 Å². The van der Waals surface area contributed by atoms with Crippen molar-refractivity contribution in [3.05, 3.63) is 59.2 Å². The number of halogens is 3. The van der Waals surface area contributed by atoms with Crippen LogP contribution in [0.1, 0.15) is 55.3 Å². The highest BCUT2D eigenvalue weighted by Crippen LogP contribution is 2.39. The number of rotatable bonds is 7. The Labute approximate surface area is 188 Å². The predicted octanol–water partition coefficient (Wildman–Crippen LogP) is 5.37. The van der Waals surface area contributed by atoms with Crippen LogP contribution < -0.4 is 10.1 Å². The van der Waals surface area contributed by atoms with Crippen LogP contribution >= 0.6 is 11.6 Å². The van der Waals surface area contributed by atoms with Gasteiger partial charge in [0.15, 0.2) is 0 Å². The summed E-state index contributed by atoms with van der Waals surface area (Å²) in [5, 5.41) is 7.36. The van der Waals surface area contributed by atoms with Crippen LogP contribution in [0.3, 0.4) is 0 Å². The second kappa shape index (κ2) is 8.82. The van der Waals surface area contributed by atoms with E-state index in [0.717, 1.165) is 12.8 Å². The molecular weight excluding hydrogens is 442 g/mol. The first-order valence-corrected chi connectivity index (χ1v) is 10.6. The summed E-state index contributed by atoms with van der Waals surface area (Å²) in [5.74, 6) is 0.329. The summed E-state index contributed by atoms with van der Waals surface area (Å²) in [7, 11) is 0. The maximum absolute atomic E-state index is 13.4. The maximum Gasteiger partial charge on any atom is 0.397 e. The number of nitrogens with zero attached hydrogens (tertiary/aromatic N) is 3. The van der Waals surface area contributed by atoms with Crippen LogP contribution in [-0.4, -0.2) is 27.1 Å². The van der Waals surface area contributed by atoms with E-state index in [9.17, 15) is 13.6 Å². The Morgan fingerprint density at radius 2 is 1.94 bits per heavy atom. The maximum atomic E-state index is 13.4. The lowest BCUT2D eigenvalue weighted by molar-refractivity contribution is -0.177. The van der Waals surface area contributed by atoms with Crippen LogP contribution in [0.25, 0.3) is 11.4 Å². The van der Waals surface area contributed by atoms with Gasteiger partial charge < -0.3 is 14.6 Å². The van der Waals surface area contributed by atoms with E-state index in [-0.39, 0.29) is 11.7 Å². The fourth-order valence-electron chi connectivity index (χ4n) is 3.62. The minimum atomic E-state index is -3.23. The van der Waals surface area contributed by atoms with Crippen molar-refractivity contribution in [1.29, 1.82) is 0 Å². The molecule has 1 aromatic carbocycles. The molecule has 1 amide bonds. The van der Waals surface area contributed by atoms with Gasteiger partial charge in [-0.2, -0.15) is 13.8 Å². The van der Waals surface area contributed by atoms with Crippen molar-refractivity contribution >= 4 is 17.5 Å². The third-order valence-electron chi connectivity index (χ3n) is 5.43. The van der Waals surface area contributed by atoms with E-state index in [1.807, 2.05) is 0 Å². The number of carbonyl (C=O) groups is 1. The molecule has 4 rings (SSSR count). The van der Waals surface area contributed by atoms with Crippen molar-refractivity contribution in [2.45, 2.75) is 50.7 Å². The number of carbonyl (C=O) groups excluding carboxylic acids is 1. The zero-order valence-corrected chi connectivity index (χ0v) is 18.0. The average molecular weight is 463 g/mol. The van der Waals surface area contributed by atoms with E-state index in [0.29, 0.717) is 40.8 Å². The first-order chi connectivity index (χ1) is 15.3. The van der Waals surface area contributed by atoms with Crippen LogP contribution in [0.4, 0.5) is 8.78 Å². The third kappa shape index (κ3) is 4.72. The van der Waals surface area contributed by atoms with Crippen LogP contribution in [0.2, 0.25) is 5.15 Å². The summed E-state index contributed by atoms with van der Waals surface area (Å²) in [6.45, 7) is 1.34. The first-order valence-electron chi connectivity index (χ1n) is 10.3. The second-order valence-corrected chi connectivity index (χ2v) is 8.04. The van der Waals surface area contributed by atoms with Gasteiger partial charge in [0.1, 0.15) is 16.4 Å². The molecule has 1 aliphatic rings. The minimum Gasteiger partial charge on any atom is -0.433 e. The van der Waals surface area contributed by atoms with E-state index >= 15 is 0 Å². The number of amides is 1. The van der Waals surface area contributed by atoms with Gasteiger partial charge in [-0.1, -0.05) is 36.5 Å². The molecule has 0 unspecified atom stereocenters. The van der Waals surface area contributed by atoms with Gasteiger partial charge in [0.25, 0.3) is 11.8 Å². The van der Waals surface area contributed by atoms with Crippen molar-refractivity contribution < 1.29 is 22.8 Å². The Hall–Kier alpha value is -3.07. The fraction of sp³-hybridized carbons (Fsp3) is 0.364. The van der Waals surface area contributed by atoms with E-state index in [4.69, 9.17) is 16.1 Å². The lowest BCUT2D eigenvalue weighted by atomic mass is 9.96. The van der Waals surface area contributed by atoms with E-state index < -0.39 is 18.1 Å². The van der Waals surface area contributed by atoms with Gasteiger partial charge in [-0.3, -0.25) is 4.79 Å². The molecule has 0 atom stereocenters. The highest BCUT2D eigenvalue weighted by atomic mass is 35.5. The van der Waals surface area contributed by atoms with E-state index in [2.05, 4.69) is 25.2 Å². The van der Waals surface area contributed by atoms with E-state index in [1.54, 1.807) is 24.3 Å². The third-order valence-corrected chi connectivity index (χ3v) is 5.65. The zero-order chi connectivity index (χ0) is 22.8. The number of aromatic nitrogens is 3. The summed E-state index contributed by atoms with van der Waals surface area (Å²) in [6, 6.07) is 9.15. The highest BCUT2D eigenvalue weighted by Gasteiger charge is 2.42. The molecule has 2 heterocycles. The Bertz CT molecular complexity index is 1080. The molecule has 1 saturated carbocycles. The average Bonchev–Trinajstić information content (AvgIpc) is 3.45. The molecule has 1 aliphatic carbocycles. The number of pyridine rings is 1. The number of hydrogen-bond donors (Lipinski definition) is 1. The van der Waals surface area contributed by atoms with Gasteiger partial charge in [-0.15, -0.1) is 0 Å². The quantitative estimate of drug-likeness (QED) is 0.475. The van der Waals surface area contributed by atoms with Crippen LogP contribution in [0.15, 0.2) is 47.1 Å². The second-order valence-electron chi connectivity index (χ2n) is 7.65. The molecule has 10 heteroatoms. The number of hydrogen-bond acceptors (Lipinski definition) is 6. The van der Waals surface area contributed by atoms with Gasteiger partial charge in [-0.05, 0) is 49.2 Å². The summed E-state index contributed by atoms with van der Waals surface area (Å²) < 4.78 is 37.0. The molecule has 0 bridgehead atoms. The molecule has 7 nitrogen and oxygen atoms in total. The van der Waals surface area contributed by atoms with Gasteiger partial charge in [-0.25, -0.2) is 4.98 Å². The molecular formula is C22H21ClF2N4O3. The van der Waals surface area contributed by atoms with Gasteiger partial charge in [0.2, 0.25) is 5.82 Å². The summed E-state index contributed by atoms with van der Waals surface area (Å²) >= 11 is 5.80. The van der Waals surface area contributed by atoms with Crippen molar-refractivity contribution in [2.75, 3.05) is 0 Å². The van der Waals surface area contributed by atoms with Crippen molar-refractivity contribution in [1.82, 2.24) is 20.4 Å². The Morgan fingerprint density at radius 3 is 2.56 bits per heavy atom. The monoisotopic (exact) mass is 462 g/mol. The molecule has 32 heavy (non-hydrogen) atoms. The SMILES string of the molecule is CCC(F)(F)Oc1ccc(-c2noc(C3(NC(=O)c4ccc(Cl)nc4)CCCC3)n2)cc1. The Morgan fingerprint density at radius 1 is 1.22 bits per heavy atom. The van der Waals surface area contributed by atoms with Crippen molar-refractivity contribution in [3.63, 3.8) is 0 Å². The smallest absolute Gasteiger partial charge is 0.397 e. The van der Waals surface area contributed by atoms with Crippen LogP contribution in [0.5, 0.6) is 5.75 Å². The fourth-order valence-corrected chi connectivity index (χ4v) is 3.73. The molecule has 0 aliphatic heterocycles. The van der Waals surface area contributed by atoms with Crippen molar-refractivity contribution in [2.24, 2.45) is 0 Å². The summed E-state index contributed by atoms with van der Waals surface area (Å²) in [6.07, 6.45) is 0.852. The van der Waals surface area contributed by atoms with Gasteiger partial charge >= 0.3 is 6.11 Å².